The van der Waals surface area contributed by atoms with Crippen LogP contribution in [-0.2, 0) is 10.0 Å². The molecule has 3 rings (SSSR count). The van der Waals surface area contributed by atoms with Gasteiger partial charge in [-0.25, -0.2) is 8.42 Å². The van der Waals surface area contributed by atoms with Crippen LogP contribution in [0.15, 0.2) is 47.4 Å². The second-order valence-electron chi connectivity index (χ2n) is 7.25. The Morgan fingerprint density at radius 3 is 1.96 bits per heavy atom. The zero-order chi connectivity index (χ0) is 18.9. The Kier molecular flexibility index (Phi) is 5.51. The smallest absolute Gasteiger partial charge is 0.243 e. The highest BCUT2D eigenvalue weighted by atomic mass is 32.2. The number of sulfonamides is 1. The first kappa shape index (κ1) is 19.1. The highest BCUT2D eigenvalue weighted by Crippen LogP contribution is 2.28. The van der Waals surface area contributed by atoms with Crippen LogP contribution in [0.2, 0.25) is 0 Å². The number of aryl methyl sites for hydroxylation is 3. The normalized spacial score (nSPS) is 18.0. The first-order valence-corrected chi connectivity index (χ1v) is 10.6. The van der Waals surface area contributed by atoms with Gasteiger partial charge in [0, 0.05) is 32.2 Å². The van der Waals surface area contributed by atoms with E-state index in [9.17, 15) is 8.42 Å². The minimum Gasteiger partial charge on any atom is -0.294 e. The van der Waals surface area contributed by atoms with E-state index < -0.39 is 10.0 Å². The van der Waals surface area contributed by atoms with Gasteiger partial charge in [-0.05, 0) is 44.4 Å². The van der Waals surface area contributed by atoms with Crippen LogP contribution < -0.4 is 0 Å². The van der Waals surface area contributed by atoms with Crippen LogP contribution in [-0.4, -0.2) is 43.8 Å². The van der Waals surface area contributed by atoms with Crippen LogP contribution in [0.25, 0.3) is 0 Å². The third-order valence-corrected chi connectivity index (χ3v) is 7.51. The first-order valence-electron chi connectivity index (χ1n) is 9.17. The van der Waals surface area contributed by atoms with Gasteiger partial charge in [-0.2, -0.15) is 4.31 Å². The summed E-state index contributed by atoms with van der Waals surface area (Å²) >= 11 is 0. The maximum absolute atomic E-state index is 13.2. The average molecular weight is 373 g/mol. The molecule has 1 saturated heterocycles. The van der Waals surface area contributed by atoms with Crippen LogP contribution in [0.5, 0.6) is 0 Å². The molecule has 140 valence electrons. The van der Waals surface area contributed by atoms with Crippen molar-refractivity contribution in [1.29, 1.82) is 0 Å². The molecule has 0 spiro atoms. The molecule has 0 bridgehead atoms. The summed E-state index contributed by atoms with van der Waals surface area (Å²) in [5.74, 6) is 0. The molecule has 0 amide bonds. The molecule has 0 radical (unpaired) electrons. The summed E-state index contributed by atoms with van der Waals surface area (Å²) in [7, 11) is -3.45. The Morgan fingerprint density at radius 1 is 0.885 bits per heavy atom. The lowest BCUT2D eigenvalue weighted by molar-refractivity contribution is 0.146. The summed E-state index contributed by atoms with van der Waals surface area (Å²) in [5, 5.41) is 0. The van der Waals surface area contributed by atoms with Gasteiger partial charge < -0.3 is 0 Å². The Hall–Kier alpha value is -1.69. The number of hydrogen-bond acceptors (Lipinski definition) is 3. The van der Waals surface area contributed by atoms with Gasteiger partial charge in [0.2, 0.25) is 10.0 Å². The Balaban J connectivity index is 1.75. The monoisotopic (exact) mass is 372 g/mol. The summed E-state index contributed by atoms with van der Waals surface area (Å²) in [6.07, 6.45) is 0. The molecule has 5 heteroatoms. The van der Waals surface area contributed by atoms with Crippen molar-refractivity contribution in [2.75, 3.05) is 26.2 Å². The minimum atomic E-state index is -3.45. The molecule has 0 aliphatic carbocycles. The maximum Gasteiger partial charge on any atom is 0.243 e. The zero-order valence-corrected chi connectivity index (χ0v) is 16.9. The highest BCUT2D eigenvalue weighted by Gasteiger charge is 2.32. The van der Waals surface area contributed by atoms with Crippen LogP contribution in [0.1, 0.15) is 35.2 Å². The molecular weight excluding hydrogens is 344 g/mol. The van der Waals surface area contributed by atoms with E-state index in [2.05, 4.69) is 36.1 Å². The zero-order valence-electron chi connectivity index (χ0n) is 16.1. The topological polar surface area (TPSA) is 40.6 Å². The fraction of sp³-hybridized carbons (Fsp3) is 0.429. The standard InChI is InChI=1S/C21H28N2O2S/c1-16-14-17(2)21(18(3)15-16)26(24,25)23-12-10-22(11-13-23)19(4)20-8-6-5-7-9-20/h5-9,14-15,19H,10-13H2,1-4H3. The van der Waals surface area contributed by atoms with E-state index in [1.54, 1.807) is 4.31 Å². The molecule has 2 aromatic carbocycles. The Morgan fingerprint density at radius 2 is 1.42 bits per heavy atom. The van der Waals surface area contributed by atoms with E-state index in [0.717, 1.165) is 29.8 Å². The molecule has 0 aromatic heterocycles. The molecular formula is C21H28N2O2S. The van der Waals surface area contributed by atoms with Gasteiger partial charge in [-0.3, -0.25) is 4.90 Å². The van der Waals surface area contributed by atoms with Gasteiger partial charge in [0.25, 0.3) is 0 Å². The van der Waals surface area contributed by atoms with Crippen molar-refractivity contribution in [2.45, 2.75) is 38.6 Å². The van der Waals surface area contributed by atoms with Crippen molar-refractivity contribution in [3.63, 3.8) is 0 Å². The fourth-order valence-electron chi connectivity index (χ4n) is 3.98. The van der Waals surface area contributed by atoms with Gasteiger partial charge in [-0.1, -0.05) is 48.0 Å². The number of piperazine rings is 1. The fourth-order valence-corrected chi connectivity index (χ4v) is 5.81. The molecule has 0 N–H and O–H groups in total. The van der Waals surface area contributed by atoms with E-state index in [1.807, 2.05) is 39.0 Å². The third kappa shape index (κ3) is 3.70. The second-order valence-corrected chi connectivity index (χ2v) is 9.13. The van der Waals surface area contributed by atoms with Gasteiger partial charge in [-0.15, -0.1) is 0 Å². The van der Waals surface area contributed by atoms with E-state index in [-0.39, 0.29) is 0 Å². The van der Waals surface area contributed by atoms with Crippen molar-refractivity contribution >= 4 is 10.0 Å². The summed E-state index contributed by atoms with van der Waals surface area (Å²) in [5.41, 5.74) is 4.04. The van der Waals surface area contributed by atoms with Crippen molar-refractivity contribution < 1.29 is 8.42 Å². The molecule has 26 heavy (non-hydrogen) atoms. The predicted molar refractivity (Wildman–Crippen MR) is 106 cm³/mol. The SMILES string of the molecule is Cc1cc(C)c(S(=O)(=O)N2CCN(C(C)c3ccccc3)CC2)c(C)c1. The van der Waals surface area contributed by atoms with E-state index in [1.165, 1.54) is 5.56 Å². The number of nitrogens with zero attached hydrogens (tertiary/aromatic N) is 2. The lowest BCUT2D eigenvalue weighted by Crippen LogP contribution is -2.49. The highest BCUT2D eigenvalue weighted by molar-refractivity contribution is 7.89. The van der Waals surface area contributed by atoms with Crippen LogP contribution >= 0.6 is 0 Å². The minimum absolute atomic E-state index is 0.295. The molecule has 1 atom stereocenters. The molecule has 1 fully saturated rings. The summed E-state index contributed by atoms with van der Waals surface area (Å²) in [6, 6.07) is 14.6. The third-order valence-electron chi connectivity index (χ3n) is 5.31. The van der Waals surface area contributed by atoms with Crippen LogP contribution in [0, 0.1) is 20.8 Å². The Labute approximate surface area is 157 Å². The molecule has 1 heterocycles. The molecule has 1 aliphatic heterocycles. The van der Waals surface area contributed by atoms with E-state index >= 15 is 0 Å². The Bertz CT molecular complexity index is 847. The van der Waals surface area contributed by atoms with Crippen LogP contribution in [0.3, 0.4) is 0 Å². The van der Waals surface area contributed by atoms with Gasteiger partial charge in [0.15, 0.2) is 0 Å². The molecule has 4 nitrogen and oxygen atoms in total. The van der Waals surface area contributed by atoms with Gasteiger partial charge in [0.05, 0.1) is 4.90 Å². The number of rotatable bonds is 4. The number of hydrogen-bond donors (Lipinski definition) is 0. The molecule has 1 aliphatic rings. The van der Waals surface area contributed by atoms with Crippen molar-refractivity contribution in [1.82, 2.24) is 9.21 Å². The van der Waals surface area contributed by atoms with E-state index in [4.69, 9.17) is 0 Å². The van der Waals surface area contributed by atoms with Crippen LogP contribution in [0.4, 0.5) is 0 Å². The molecule has 1 unspecified atom stereocenters. The summed E-state index contributed by atoms with van der Waals surface area (Å²) in [4.78, 5) is 2.84. The van der Waals surface area contributed by atoms with E-state index in [0.29, 0.717) is 24.0 Å². The molecule has 0 saturated carbocycles. The quantitative estimate of drug-likeness (QED) is 0.822. The summed E-state index contributed by atoms with van der Waals surface area (Å²) < 4.78 is 28.0. The average Bonchev–Trinajstić information content (AvgIpc) is 2.61. The van der Waals surface area contributed by atoms with Crippen molar-refractivity contribution in [3.8, 4) is 0 Å². The second kappa shape index (κ2) is 7.51. The van der Waals surface area contributed by atoms with Crippen molar-refractivity contribution in [3.05, 3.63) is 64.7 Å². The molecule has 2 aromatic rings. The lowest BCUT2D eigenvalue weighted by atomic mass is 10.1. The van der Waals surface area contributed by atoms with Gasteiger partial charge >= 0.3 is 0 Å². The predicted octanol–water partition coefficient (Wildman–Crippen LogP) is 3.68. The van der Waals surface area contributed by atoms with Crippen molar-refractivity contribution in [2.24, 2.45) is 0 Å². The maximum atomic E-state index is 13.2. The lowest BCUT2D eigenvalue weighted by Gasteiger charge is -2.38. The number of benzene rings is 2. The van der Waals surface area contributed by atoms with Gasteiger partial charge in [0.1, 0.15) is 0 Å². The largest absolute Gasteiger partial charge is 0.294 e. The summed E-state index contributed by atoms with van der Waals surface area (Å²) in [6.45, 7) is 10.5. The first-order chi connectivity index (χ1) is 12.3.